The highest BCUT2D eigenvalue weighted by Gasteiger charge is 2.26. The van der Waals surface area contributed by atoms with Crippen LogP contribution in [0, 0.1) is 11.7 Å². The zero-order valence-corrected chi connectivity index (χ0v) is 20.2. The highest BCUT2D eigenvalue weighted by atomic mass is 35.5. The van der Waals surface area contributed by atoms with Crippen LogP contribution in [0.15, 0.2) is 72.8 Å². The SMILES string of the molecule is O=C(NCCc1ccccc1)c1ccccc1NC(=O)C1CCN(Cc2c(F)cccc2Cl)CC1. The summed E-state index contributed by atoms with van der Waals surface area (Å²) in [5, 5.41) is 6.31. The number of nitrogens with zero attached hydrogens (tertiary/aromatic N) is 1. The van der Waals surface area contributed by atoms with Crippen molar-refractivity contribution in [1.82, 2.24) is 10.2 Å². The number of carbonyl (C=O) groups excluding carboxylic acids is 2. The lowest BCUT2D eigenvalue weighted by Gasteiger charge is -2.31. The minimum absolute atomic E-state index is 0.0990. The Morgan fingerprint density at radius 3 is 2.40 bits per heavy atom. The lowest BCUT2D eigenvalue weighted by molar-refractivity contribution is -0.121. The molecule has 0 saturated carbocycles. The molecule has 0 atom stereocenters. The number of piperidine rings is 1. The van der Waals surface area contributed by atoms with Crippen LogP contribution in [0.5, 0.6) is 0 Å². The van der Waals surface area contributed by atoms with Crippen LogP contribution in [0.4, 0.5) is 10.1 Å². The second-order valence-corrected chi connectivity index (χ2v) is 9.18. The molecule has 1 fully saturated rings. The minimum Gasteiger partial charge on any atom is -0.352 e. The first kappa shape index (κ1) is 24.9. The van der Waals surface area contributed by atoms with Gasteiger partial charge in [-0.1, -0.05) is 60.1 Å². The van der Waals surface area contributed by atoms with Gasteiger partial charge in [-0.05, 0) is 62.2 Å². The molecule has 35 heavy (non-hydrogen) atoms. The fourth-order valence-corrected chi connectivity index (χ4v) is 4.57. The van der Waals surface area contributed by atoms with Gasteiger partial charge >= 0.3 is 0 Å². The number of amides is 2. The second kappa shape index (κ2) is 12.0. The number of anilines is 1. The summed E-state index contributed by atoms with van der Waals surface area (Å²) in [6.45, 7) is 2.27. The quantitative estimate of drug-likeness (QED) is 0.447. The molecule has 1 aliphatic heterocycles. The molecule has 7 heteroatoms. The molecule has 5 nitrogen and oxygen atoms in total. The zero-order valence-electron chi connectivity index (χ0n) is 19.5. The topological polar surface area (TPSA) is 61.4 Å². The molecule has 3 aromatic rings. The number of rotatable bonds is 8. The summed E-state index contributed by atoms with van der Waals surface area (Å²) in [6.07, 6.45) is 2.05. The molecule has 0 radical (unpaired) electrons. The average molecular weight is 494 g/mol. The summed E-state index contributed by atoms with van der Waals surface area (Å²) in [6, 6.07) is 21.7. The van der Waals surface area contributed by atoms with E-state index < -0.39 is 0 Å². The van der Waals surface area contributed by atoms with Crippen LogP contribution < -0.4 is 10.6 Å². The Balaban J connectivity index is 1.29. The van der Waals surface area contributed by atoms with E-state index >= 15 is 0 Å². The Morgan fingerprint density at radius 2 is 1.66 bits per heavy atom. The molecular weight excluding hydrogens is 465 g/mol. The summed E-state index contributed by atoms with van der Waals surface area (Å²) in [5.41, 5.74) is 2.60. The van der Waals surface area contributed by atoms with Crippen LogP contribution in [-0.4, -0.2) is 36.3 Å². The van der Waals surface area contributed by atoms with Gasteiger partial charge in [0.05, 0.1) is 11.3 Å². The number of hydrogen-bond acceptors (Lipinski definition) is 3. The lowest BCUT2D eigenvalue weighted by atomic mass is 9.95. The van der Waals surface area contributed by atoms with Crippen LogP contribution in [0.1, 0.15) is 34.3 Å². The Morgan fingerprint density at radius 1 is 0.943 bits per heavy atom. The Kier molecular flexibility index (Phi) is 8.50. The third-order valence-corrected chi connectivity index (χ3v) is 6.73. The van der Waals surface area contributed by atoms with Crippen LogP contribution in [0.25, 0.3) is 0 Å². The molecule has 1 heterocycles. The second-order valence-electron chi connectivity index (χ2n) is 8.78. The van der Waals surface area contributed by atoms with E-state index in [1.54, 1.807) is 36.4 Å². The van der Waals surface area contributed by atoms with Gasteiger partial charge in [0.15, 0.2) is 0 Å². The van der Waals surface area contributed by atoms with Crippen molar-refractivity contribution in [1.29, 1.82) is 0 Å². The lowest BCUT2D eigenvalue weighted by Crippen LogP contribution is -2.38. The van der Waals surface area contributed by atoms with Gasteiger partial charge < -0.3 is 10.6 Å². The summed E-state index contributed by atoms with van der Waals surface area (Å²) in [7, 11) is 0. The molecule has 182 valence electrons. The normalized spacial score (nSPS) is 14.5. The molecule has 0 unspecified atom stereocenters. The van der Waals surface area contributed by atoms with E-state index in [9.17, 15) is 14.0 Å². The highest BCUT2D eigenvalue weighted by Crippen LogP contribution is 2.25. The van der Waals surface area contributed by atoms with Crippen LogP contribution in [-0.2, 0) is 17.8 Å². The van der Waals surface area contributed by atoms with Gasteiger partial charge in [-0.25, -0.2) is 4.39 Å². The van der Waals surface area contributed by atoms with E-state index in [4.69, 9.17) is 11.6 Å². The van der Waals surface area contributed by atoms with Crippen molar-refractivity contribution in [2.24, 2.45) is 5.92 Å². The van der Waals surface area contributed by atoms with Crippen LogP contribution >= 0.6 is 11.6 Å². The van der Waals surface area contributed by atoms with Gasteiger partial charge in [0.2, 0.25) is 5.91 Å². The maximum Gasteiger partial charge on any atom is 0.253 e. The number of benzene rings is 3. The van der Waals surface area contributed by atoms with Gasteiger partial charge in [0.25, 0.3) is 5.91 Å². The molecule has 2 N–H and O–H groups in total. The van der Waals surface area contributed by atoms with E-state index in [0.29, 0.717) is 60.9 Å². The summed E-state index contributed by atoms with van der Waals surface area (Å²) < 4.78 is 14.1. The smallest absolute Gasteiger partial charge is 0.253 e. The predicted molar refractivity (Wildman–Crippen MR) is 137 cm³/mol. The van der Waals surface area contributed by atoms with Crippen molar-refractivity contribution in [2.75, 3.05) is 25.0 Å². The average Bonchev–Trinajstić information content (AvgIpc) is 2.87. The fourth-order valence-electron chi connectivity index (χ4n) is 4.35. The number of hydrogen-bond donors (Lipinski definition) is 2. The molecule has 2 amide bonds. The number of halogens is 2. The van der Waals surface area contributed by atoms with E-state index in [1.165, 1.54) is 6.07 Å². The number of para-hydroxylation sites is 1. The number of carbonyl (C=O) groups is 2. The molecular formula is C28H29ClFN3O2. The monoisotopic (exact) mass is 493 g/mol. The standard InChI is InChI=1S/C28H29ClFN3O2/c29-24-10-6-11-25(30)23(24)19-33-17-14-21(15-18-33)27(34)32-26-12-5-4-9-22(26)28(35)31-16-13-20-7-2-1-3-8-20/h1-12,21H,13-19H2,(H,31,35)(H,32,34). The third-order valence-electron chi connectivity index (χ3n) is 6.37. The Bertz CT molecular complexity index is 1140. The molecule has 1 saturated heterocycles. The molecule has 4 rings (SSSR count). The first-order valence-electron chi connectivity index (χ1n) is 11.9. The van der Waals surface area contributed by atoms with Gasteiger partial charge in [0, 0.05) is 29.6 Å². The molecule has 0 spiro atoms. The largest absolute Gasteiger partial charge is 0.352 e. The van der Waals surface area contributed by atoms with Crippen molar-refractivity contribution in [3.63, 3.8) is 0 Å². The summed E-state index contributed by atoms with van der Waals surface area (Å²) in [5.74, 6) is -0.793. The van der Waals surface area contributed by atoms with E-state index in [1.807, 2.05) is 30.3 Å². The van der Waals surface area contributed by atoms with Gasteiger partial charge in [-0.2, -0.15) is 0 Å². The van der Waals surface area contributed by atoms with E-state index in [2.05, 4.69) is 15.5 Å². The first-order chi connectivity index (χ1) is 17.0. The fraction of sp³-hybridized carbons (Fsp3) is 0.286. The maximum atomic E-state index is 14.1. The minimum atomic E-state index is -0.309. The van der Waals surface area contributed by atoms with Crippen molar-refractivity contribution >= 4 is 29.1 Å². The first-order valence-corrected chi connectivity index (χ1v) is 12.3. The van der Waals surface area contributed by atoms with Gasteiger partial charge in [-0.15, -0.1) is 0 Å². The van der Waals surface area contributed by atoms with Crippen molar-refractivity contribution < 1.29 is 14.0 Å². The molecule has 0 aliphatic carbocycles. The number of nitrogens with one attached hydrogen (secondary N) is 2. The molecule has 0 aromatic heterocycles. The van der Waals surface area contributed by atoms with Crippen LogP contribution in [0.2, 0.25) is 5.02 Å². The summed E-state index contributed by atoms with van der Waals surface area (Å²) >= 11 is 6.16. The van der Waals surface area contributed by atoms with Crippen molar-refractivity contribution in [3.05, 3.63) is 100 Å². The molecule has 1 aliphatic rings. The Labute approximate surface area is 210 Å². The van der Waals surface area contributed by atoms with Crippen LogP contribution in [0.3, 0.4) is 0 Å². The number of likely N-dealkylation sites (tertiary alicyclic amines) is 1. The van der Waals surface area contributed by atoms with E-state index in [-0.39, 0.29) is 23.5 Å². The van der Waals surface area contributed by atoms with Gasteiger partial charge in [-0.3, -0.25) is 14.5 Å². The maximum absolute atomic E-state index is 14.1. The molecule has 0 bridgehead atoms. The van der Waals surface area contributed by atoms with Crippen molar-refractivity contribution in [3.8, 4) is 0 Å². The zero-order chi connectivity index (χ0) is 24.6. The predicted octanol–water partition coefficient (Wildman–Crippen LogP) is 5.30. The van der Waals surface area contributed by atoms with Gasteiger partial charge in [0.1, 0.15) is 5.82 Å². The molecule has 3 aromatic carbocycles. The third kappa shape index (κ3) is 6.68. The van der Waals surface area contributed by atoms with Crippen molar-refractivity contribution in [2.45, 2.75) is 25.8 Å². The van der Waals surface area contributed by atoms with E-state index in [0.717, 1.165) is 12.0 Å². The Hall–Kier alpha value is -3.22. The summed E-state index contributed by atoms with van der Waals surface area (Å²) in [4.78, 5) is 27.9. The highest BCUT2D eigenvalue weighted by molar-refractivity contribution is 6.31.